The van der Waals surface area contributed by atoms with Crippen molar-refractivity contribution in [2.24, 2.45) is 34.5 Å². The second-order valence-corrected chi connectivity index (χ2v) is 29.2. The Morgan fingerprint density at radius 3 is 1.60 bits per heavy atom. The number of carbonyl (C=O) groups excluding carboxylic acids is 3. The number of fused-ring (bicyclic) bond motifs is 3. The van der Waals surface area contributed by atoms with E-state index in [9.17, 15) is 62.1 Å². The SMILES string of the molecule is CCC(C)(C)C(=O)OC1(CC)C2CC3CC(C2)CC1C3.CCC(C)(C)C(=O)OCCOC(=O)c1ccc(OS(=O)(=O)C(F)(F)C(F)(F)C(F)(F)S(=O)(=O)[O-])cc1.CCC(C)c1ccc(O)cc1.OCCc1ccc(-[s+]2c3ccccc3c3ccccc32)cc1. The van der Waals surface area contributed by atoms with Gasteiger partial charge in [0.1, 0.15) is 30.3 Å². The van der Waals surface area contributed by atoms with E-state index in [-0.39, 0.29) is 46.2 Å². The van der Waals surface area contributed by atoms with Crippen molar-refractivity contribution in [1.29, 1.82) is 0 Å². The van der Waals surface area contributed by atoms with E-state index in [1.54, 1.807) is 32.9 Å². The molecule has 4 aliphatic rings. The summed E-state index contributed by atoms with van der Waals surface area (Å²) in [5.74, 6) is -5.93. The van der Waals surface area contributed by atoms with Gasteiger partial charge in [-0.15, -0.1) is 0 Å². The molecule has 0 spiro atoms. The van der Waals surface area contributed by atoms with Crippen LogP contribution in [0.2, 0.25) is 0 Å². The first-order valence-corrected chi connectivity index (χ1v) is 33.7. The molecule has 23 heteroatoms. The van der Waals surface area contributed by atoms with Crippen molar-refractivity contribution in [2.45, 2.75) is 154 Å². The van der Waals surface area contributed by atoms with Gasteiger partial charge in [0.25, 0.3) is 0 Å². The lowest BCUT2D eigenvalue weighted by molar-refractivity contribution is -0.247. The first kappa shape index (κ1) is 71.8. The number of hydrogen-bond donors (Lipinski definition) is 2. The number of benzene rings is 5. The van der Waals surface area contributed by atoms with Crippen LogP contribution in [0.15, 0.2) is 121 Å². The molecule has 4 fully saturated rings. The fraction of sp³-hybridized carbons (Fsp3) is 0.500. The third-order valence-corrected chi connectivity index (χ3v) is 22.1. The Morgan fingerprint density at radius 1 is 0.652 bits per heavy atom. The summed E-state index contributed by atoms with van der Waals surface area (Å²) in [6.45, 7) is 17.2. The lowest BCUT2D eigenvalue weighted by Gasteiger charge is -2.60. The zero-order chi connectivity index (χ0) is 66.1. The topological polar surface area (TPSA) is 220 Å². The van der Waals surface area contributed by atoms with Crippen LogP contribution in [-0.4, -0.2) is 91.4 Å². The zero-order valence-corrected chi connectivity index (χ0v) is 53.9. The molecule has 1 heterocycles. The maximum atomic E-state index is 13.8. The molecule has 0 saturated heterocycles. The van der Waals surface area contributed by atoms with Crippen molar-refractivity contribution in [3.8, 4) is 16.4 Å². The van der Waals surface area contributed by atoms with Crippen LogP contribution >= 0.6 is 10.5 Å². The summed E-state index contributed by atoms with van der Waals surface area (Å²) in [6.07, 6.45) is 10.9. The summed E-state index contributed by atoms with van der Waals surface area (Å²) in [5, 5.41) is 6.89. The molecule has 0 amide bonds. The van der Waals surface area contributed by atoms with Crippen LogP contribution in [0.1, 0.15) is 148 Å². The first-order valence-electron chi connectivity index (χ1n) is 29.7. The average molecular weight is 1310 g/mol. The fourth-order valence-electron chi connectivity index (χ4n) is 11.3. The van der Waals surface area contributed by atoms with E-state index in [1.165, 1.54) is 68.3 Å². The van der Waals surface area contributed by atoms with Crippen LogP contribution in [0, 0.1) is 34.5 Å². The van der Waals surface area contributed by atoms with Gasteiger partial charge in [0.05, 0.1) is 16.4 Å². The number of alkyl halides is 6. The van der Waals surface area contributed by atoms with Gasteiger partial charge in [-0.3, -0.25) is 9.59 Å². The number of thiophene rings is 1. The number of carbonyl (C=O) groups is 3. The number of hydrogen-bond acceptors (Lipinski definition) is 14. The van der Waals surface area contributed by atoms with Gasteiger partial charge >= 0.3 is 44.5 Å². The lowest BCUT2D eigenvalue weighted by atomic mass is 9.49. The van der Waals surface area contributed by atoms with Crippen molar-refractivity contribution in [3.63, 3.8) is 0 Å². The molecule has 0 radical (unpaired) electrons. The molecule has 4 aliphatic carbocycles. The van der Waals surface area contributed by atoms with E-state index >= 15 is 0 Å². The minimum absolute atomic E-state index is 0.0153. The molecule has 5 aromatic carbocycles. The molecule has 1 aromatic heterocycles. The molecule has 1 atom stereocenters. The minimum Gasteiger partial charge on any atom is -0.743 e. The van der Waals surface area contributed by atoms with Gasteiger partial charge in [-0.1, -0.05) is 83.1 Å². The predicted molar refractivity (Wildman–Crippen MR) is 329 cm³/mol. The molecule has 2 N–H and O–H groups in total. The van der Waals surface area contributed by atoms with Crippen LogP contribution in [-0.2, 0) is 50.5 Å². The molecule has 89 heavy (non-hydrogen) atoms. The largest absolute Gasteiger partial charge is 0.743 e. The smallest absolute Gasteiger partial charge is 0.450 e. The molecule has 1 unspecified atom stereocenters. The number of aliphatic hydroxyl groups excluding tert-OH is 1. The third-order valence-electron chi connectivity index (χ3n) is 17.6. The number of aromatic hydroxyl groups is 1. The minimum atomic E-state index is -7.43. The van der Waals surface area contributed by atoms with Crippen LogP contribution in [0.5, 0.6) is 11.5 Å². The van der Waals surface area contributed by atoms with Crippen molar-refractivity contribution in [2.75, 3.05) is 19.8 Å². The molecule has 0 aliphatic heterocycles. The Bertz CT molecular complexity index is 3530. The van der Waals surface area contributed by atoms with E-state index in [2.05, 4.69) is 105 Å². The normalized spacial score (nSPS) is 19.6. The van der Waals surface area contributed by atoms with E-state index in [0.717, 1.165) is 37.5 Å². The average Bonchev–Trinajstić information content (AvgIpc) is 1.37. The van der Waals surface area contributed by atoms with Gasteiger partial charge in [0, 0.05) is 27.8 Å². The Kier molecular flexibility index (Phi) is 23.3. The zero-order valence-electron chi connectivity index (χ0n) is 51.4. The maximum Gasteiger partial charge on any atom is 0.450 e. The highest BCUT2D eigenvalue weighted by molar-refractivity contribution is 7.88. The van der Waals surface area contributed by atoms with Gasteiger partial charge in [0.2, 0.25) is 0 Å². The highest BCUT2D eigenvalue weighted by Gasteiger charge is 2.81. The van der Waals surface area contributed by atoms with E-state index < -0.39 is 66.4 Å². The van der Waals surface area contributed by atoms with Crippen molar-refractivity contribution < 1.29 is 90.7 Å². The number of phenolic OH excluding ortho intramolecular Hbond substituents is 1. The second kappa shape index (κ2) is 28.9. The van der Waals surface area contributed by atoms with E-state index in [4.69, 9.17) is 24.4 Å². The third kappa shape index (κ3) is 15.9. The maximum absolute atomic E-state index is 13.8. The summed E-state index contributed by atoms with van der Waals surface area (Å²) in [6, 6.07) is 36.0. The van der Waals surface area contributed by atoms with Crippen molar-refractivity contribution in [3.05, 3.63) is 138 Å². The number of phenols is 1. The fourth-order valence-corrected chi connectivity index (χ4v) is 15.1. The summed E-state index contributed by atoms with van der Waals surface area (Å²) in [5.41, 5.74) is 0.898. The number of ether oxygens (including phenoxy) is 3. The number of rotatable bonds is 21. The molecule has 488 valence electrons. The quantitative estimate of drug-likeness (QED) is 0.0130. The highest BCUT2D eigenvalue weighted by atomic mass is 32.2. The monoisotopic (exact) mass is 1310 g/mol. The molecule has 6 aromatic rings. The Hall–Kier alpha value is -6.27. The number of aliphatic hydroxyl groups is 1. The molecular weight excluding hydrogens is 1230 g/mol. The second-order valence-electron chi connectivity index (χ2n) is 24.2. The molecule has 4 saturated carbocycles. The summed E-state index contributed by atoms with van der Waals surface area (Å²) < 4.78 is 157. The van der Waals surface area contributed by atoms with Gasteiger partial charge in [-0.2, -0.15) is 34.8 Å². The lowest BCUT2D eigenvalue weighted by Crippen LogP contribution is -2.61. The number of halogens is 6. The summed E-state index contributed by atoms with van der Waals surface area (Å²) >= 11 is 0. The van der Waals surface area contributed by atoms with E-state index in [0.29, 0.717) is 54.2 Å². The van der Waals surface area contributed by atoms with Crippen LogP contribution in [0.25, 0.3) is 25.1 Å². The van der Waals surface area contributed by atoms with Crippen molar-refractivity contribution in [1.82, 2.24) is 0 Å². The summed E-state index contributed by atoms with van der Waals surface area (Å²) in [4.78, 5) is 37.7. The molecular formula is C66H80F6O14S3. The molecule has 14 nitrogen and oxygen atoms in total. The van der Waals surface area contributed by atoms with Crippen LogP contribution in [0.3, 0.4) is 0 Å². The van der Waals surface area contributed by atoms with Crippen molar-refractivity contribution >= 4 is 68.8 Å². The van der Waals surface area contributed by atoms with Crippen LogP contribution in [0.4, 0.5) is 26.3 Å². The Morgan fingerprint density at radius 2 is 1.13 bits per heavy atom. The van der Waals surface area contributed by atoms with Crippen LogP contribution < -0.4 is 4.18 Å². The Balaban J connectivity index is 0.000000203. The van der Waals surface area contributed by atoms with Gasteiger partial charge in [-0.05, 0) is 205 Å². The van der Waals surface area contributed by atoms with E-state index in [1.807, 2.05) is 26.0 Å². The highest BCUT2D eigenvalue weighted by Crippen LogP contribution is 2.61. The molecule has 4 bridgehead atoms. The predicted octanol–water partition coefficient (Wildman–Crippen LogP) is 15.6. The van der Waals surface area contributed by atoms with Gasteiger partial charge < -0.3 is 33.2 Å². The van der Waals surface area contributed by atoms with Gasteiger partial charge in [0.15, 0.2) is 24.4 Å². The molecule has 10 rings (SSSR count). The Labute approximate surface area is 520 Å². The van der Waals surface area contributed by atoms with Gasteiger partial charge in [-0.25, -0.2) is 13.2 Å². The summed E-state index contributed by atoms with van der Waals surface area (Å²) in [7, 11) is -14.5. The number of esters is 3. The standard InChI is InChI=1S/C20H17OS.C18H20F6O10S2.C18H30O2.C10H14O/c21-14-13-15-9-11-16(12-10-15)22-19-7-3-1-5-17(19)18-6-2-4-8-20(18)22;1-4-15(2,3)14(26)33-10-9-32-13(25)11-5-7-12(8-6-11)34-36(30,31)18(23,24)16(19,20)17(21,22)35(27,28)29;1-5-17(3,4)16(19)20-18(6-2)14-8-12-7-13(10-14)11-15(18)9-12;1-3-8(2)9-4-6-10(11)7-5-9/h1-12,21H,13-14H2;5-8H,4,9-10H2,1-3H3,(H,27,28,29);12-15H,5-11H2,1-4H3;4-8,11H,3H2,1-2H3/q+1;;;/p-1. The first-order chi connectivity index (χ1) is 41.6.